The molecule has 20 aromatic carbocycles. The number of fused-ring (bicyclic) bond motifs is 19. The number of furan rings is 3. The van der Waals surface area contributed by atoms with Crippen molar-refractivity contribution in [3.05, 3.63) is 479 Å². The second-order valence-corrected chi connectivity index (χ2v) is 35.5. The molecule has 664 valence electrons. The highest BCUT2D eigenvalue weighted by Gasteiger charge is 2.27. The molecular formula is C128H79N11O3. The lowest BCUT2D eigenvalue weighted by atomic mass is 9.97. The number of benzene rings is 20. The molecule has 9 heterocycles. The van der Waals surface area contributed by atoms with Crippen LogP contribution in [0.2, 0.25) is 0 Å². The zero-order chi connectivity index (χ0) is 93.7. The minimum Gasteiger partial charge on any atom is -0.455 e. The van der Waals surface area contributed by atoms with E-state index in [1.807, 2.05) is 170 Å². The molecule has 0 atom stereocenters. The van der Waals surface area contributed by atoms with Gasteiger partial charge in [-0.05, 0) is 95.1 Å². The van der Waals surface area contributed by atoms with E-state index in [4.69, 9.17) is 53.1 Å². The third-order valence-electron chi connectivity index (χ3n) is 27.2. The molecule has 0 aliphatic rings. The Labute approximate surface area is 813 Å². The summed E-state index contributed by atoms with van der Waals surface area (Å²) in [4.78, 5) is 40.3. The minimum absolute atomic E-state index is 0.572. The van der Waals surface area contributed by atoms with E-state index in [0.29, 0.717) is 41.0 Å². The molecule has 0 N–H and O–H groups in total. The normalized spacial score (nSPS) is 11.7. The van der Waals surface area contributed by atoms with Crippen LogP contribution in [0.3, 0.4) is 0 Å². The van der Waals surface area contributed by atoms with Crippen molar-refractivity contribution in [2.75, 3.05) is 0 Å². The van der Waals surface area contributed by atoms with Crippen molar-refractivity contribution in [3.63, 3.8) is 0 Å². The van der Waals surface area contributed by atoms with Gasteiger partial charge in [0.1, 0.15) is 33.5 Å². The van der Waals surface area contributed by atoms with Gasteiger partial charge in [-0.2, -0.15) is 9.97 Å². The smallest absolute Gasteiger partial charge is 0.238 e. The molecule has 142 heavy (non-hydrogen) atoms. The molecular weight excluding hydrogens is 1740 g/mol. The fraction of sp³-hybridized carbons (Fsp3) is 0. The fourth-order valence-corrected chi connectivity index (χ4v) is 20.7. The maximum absolute atomic E-state index is 6.80. The topological polar surface area (TPSA) is 157 Å². The summed E-state index contributed by atoms with van der Waals surface area (Å²) in [6, 6.07) is 165. The van der Waals surface area contributed by atoms with Crippen molar-refractivity contribution in [1.29, 1.82) is 0 Å². The van der Waals surface area contributed by atoms with Crippen LogP contribution in [0, 0.1) is 0 Å². The SMILES string of the molecule is c1ccc(-c2nc(-c3ccccc3)nc(-c3cccc(-n4c5ccccc5c5cc(-c6cccc7c6oc6c(-c8ccccc8)cccc67)ccc54)c3)n2)cc1.c1ccc(-c2nc(-c3ccccc3)nc(-n3c4ccccc4c4ccc(-c5cccc6c5oc5ccccc56)cc43)n2)cc1.c1ccc(-c2nc(-n3c4ccccc4c4c(-c5cccc6c5oc5ccccc56)cccc43)nc3ccccc23)cc1. The van der Waals surface area contributed by atoms with Crippen LogP contribution in [0.15, 0.2) is 492 Å². The Bertz CT molecular complexity index is 9890. The predicted octanol–water partition coefficient (Wildman–Crippen LogP) is 33.0. The van der Waals surface area contributed by atoms with Crippen molar-refractivity contribution in [2.24, 2.45) is 0 Å². The van der Waals surface area contributed by atoms with Crippen LogP contribution in [0.1, 0.15) is 0 Å². The van der Waals surface area contributed by atoms with E-state index >= 15 is 0 Å². The Morgan fingerprint density at radius 1 is 0.162 bits per heavy atom. The quantitative estimate of drug-likeness (QED) is 0.108. The van der Waals surface area contributed by atoms with Gasteiger partial charge in [-0.15, -0.1) is 0 Å². The van der Waals surface area contributed by atoms with Gasteiger partial charge in [-0.1, -0.05) is 406 Å². The van der Waals surface area contributed by atoms with E-state index < -0.39 is 0 Å². The molecule has 14 nitrogen and oxygen atoms in total. The van der Waals surface area contributed by atoms with Crippen molar-refractivity contribution in [1.82, 2.24) is 53.6 Å². The first-order chi connectivity index (χ1) is 70.4. The largest absolute Gasteiger partial charge is 0.455 e. The monoisotopic (exact) mass is 1820 g/mol. The zero-order valence-electron chi connectivity index (χ0n) is 76.3. The predicted molar refractivity (Wildman–Crippen MR) is 578 cm³/mol. The van der Waals surface area contributed by atoms with E-state index in [1.165, 1.54) is 10.8 Å². The summed E-state index contributed by atoms with van der Waals surface area (Å²) in [7, 11) is 0. The summed E-state index contributed by atoms with van der Waals surface area (Å²) in [6.45, 7) is 0. The van der Waals surface area contributed by atoms with Crippen molar-refractivity contribution in [3.8, 4) is 130 Å². The van der Waals surface area contributed by atoms with Gasteiger partial charge in [-0.25, -0.2) is 29.9 Å². The van der Waals surface area contributed by atoms with Crippen LogP contribution in [-0.4, -0.2) is 53.6 Å². The maximum Gasteiger partial charge on any atom is 0.238 e. The Hall–Kier alpha value is -19.4. The molecule has 0 bridgehead atoms. The molecule has 0 aliphatic carbocycles. The molecule has 0 unspecified atom stereocenters. The molecule has 0 aliphatic heterocycles. The summed E-state index contributed by atoms with van der Waals surface area (Å²) in [5.74, 6) is 4.38. The summed E-state index contributed by atoms with van der Waals surface area (Å²) in [5, 5.41) is 14.6. The van der Waals surface area contributed by atoms with Gasteiger partial charge in [-0.3, -0.25) is 9.13 Å². The molecule has 0 amide bonds. The van der Waals surface area contributed by atoms with Crippen LogP contribution in [0.5, 0.6) is 0 Å². The number of hydrogen-bond acceptors (Lipinski definition) is 11. The second-order valence-electron chi connectivity index (χ2n) is 35.5. The zero-order valence-corrected chi connectivity index (χ0v) is 76.3. The van der Waals surface area contributed by atoms with Gasteiger partial charge >= 0.3 is 0 Å². The van der Waals surface area contributed by atoms with E-state index in [2.05, 4.69) is 323 Å². The van der Waals surface area contributed by atoms with Crippen molar-refractivity contribution >= 4 is 142 Å². The third-order valence-corrected chi connectivity index (χ3v) is 27.2. The van der Waals surface area contributed by atoms with Gasteiger partial charge in [0.2, 0.25) is 11.9 Å². The van der Waals surface area contributed by atoms with Gasteiger partial charge in [0.05, 0.1) is 44.3 Å². The van der Waals surface area contributed by atoms with E-state index in [1.54, 1.807) is 0 Å². The van der Waals surface area contributed by atoms with Crippen molar-refractivity contribution < 1.29 is 13.3 Å². The summed E-state index contributed by atoms with van der Waals surface area (Å²) in [6.07, 6.45) is 0. The summed E-state index contributed by atoms with van der Waals surface area (Å²) >= 11 is 0. The lowest BCUT2D eigenvalue weighted by molar-refractivity contribution is 0.669. The molecule has 9 aromatic heterocycles. The first-order valence-electron chi connectivity index (χ1n) is 47.5. The summed E-state index contributed by atoms with van der Waals surface area (Å²) < 4.78 is 26.4. The van der Waals surface area contributed by atoms with E-state index in [9.17, 15) is 0 Å². The maximum atomic E-state index is 6.80. The van der Waals surface area contributed by atoms with Crippen molar-refractivity contribution in [2.45, 2.75) is 0 Å². The Kier molecular flexibility index (Phi) is 19.9. The summed E-state index contributed by atoms with van der Waals surface area (Å²) in [5.41, 5.74) is 29.1. The minimum atomic E-state index is 0.572. The molecule has 29 rings (SSSR count). The van der Waals surface area contributed by atoms with Crippen LogP contribution < -0.4 is 0 Å². The van der Waals surface area contributed by atoms with E-state index in [0.717, 1.165) is 221 Å². The number of nitrogens with zero attached hydrogens (tertiary/aromatic N) is 11. The standard InChI is InChI=1S/C51H32N4O.C39H24N4O.C38H23N3O/c1-4-15-33(16-5-1)39-24-13-26-42-43-27-14-25-40(48(43)56-47(39)42)36-29-30-46-44(32-36)41-23-10-11-28-45(41)55(46)38-22-12-21-37(31-38)51-53-49(34-17-6-2-7-18-34)52-50(54-51)35-19-8-3-9-20-35;1-3-12-25(13-4-1)37-40-38(26-14-5-2-6-15-26)42-39(41-37)43-33-20-9-7-16-29(33)30-23-22-27(24-34(30)43)28-18-11-19-32-31-17-8-10-21-35(31)44-36(28)32;1-2-12-24(13-3-1)36-29-15-4-7-20-31(29)39-38(40-36)41-32-21-8-5-16-30(32)35-26(17-11-22-33(35)41)28-19-10-18-27-25-14-6-9-23-34(25)42-37(27)28/h1-32H;1-24H;1-23H. The van der Waals surface area contributed by atoms with Gasteiger partial charge in [0.15, 0.2) is 29.1 Å². The Morgan fingerprint density at radius 2 is 0.507 bits per heavy atom. The number of hydrogen-bond donors (Lipinski definition) is 0. The van der Waals surface area contributed by atoms with Crippen LogP contribution >= 0.6 is 0 Å². The average molecular weight is 1820 g/mol. The lowest BCUT2D eigenvalue weighted by Crippen LogP contribution is -2.06. The van der Waals surface area contributed by atoms with E-state index in [-0.39, 0.29) is 0 Å². The molecule has 0 spiro atoms. The van der Waals surface area contributed by atoms with Crippen LogP contribution in [0.4, 0.5) is 0 Å². The highest BCUT2D eigenvalue weighted by molar-refractivity contribution is 6.21. The Balaban J connectivity index is 0.000000108. The average Bonchev–Trinajstić information content (AvgIpc) is 1.57. The van der Waals surface area contributed by atoms with Gasteiger partial charge < -0.3 is 17.8 Å². The fourth-order valence-electron chi connectivity index (χ4n) is 20.7. The van der Waals surface area contributed by atoms with Gasteiger partial charge in [0.25, 0.3) is 0 Å². The number of para-hydroxylation sites is 10. The first kappa shape index (κ1) is 82.1. The Morgan fingerprint density at radius 3 is 1.07 bits per heavy atom. The second kappa shape index (κ2) is 34.4. The highest BCUT2D eigenvalue weighted by atomic mass is 16.3. The molecule has 14 heteroatoms. The first-order valence-corrected chi connectivity index (χ1v) is 47.5. The molecule has 29 aromatic rings. The number of aromatic nitrogens is 11. The molecule has 0 radical (unpaired) electrons. The molecule has 0 saturated heterocycles. The van der Waals surface area contributed by atoms with Crippen LogP contribution in [-0.2, 0) is 0 Å². The third kappa shape index (κ3) is 14.2. The molecule has 0 fully saturated rings. The highest BCUT2D eigenvalue weighted by Crippen LogP contribution is 2.48. The van der Waals surface area contributed by atoms with Gasteiger partial charge in [0, 0.05) is 131 Å². The van der Waals surface area contributed by atoms with Crippen LogP contribution in [0.25, 0.3) is 272 Å². The lowest BCUT2D eigenvalue weighted by Gasteiger charge is -2.12. The number of rotatable bonds is 13. The molecule has 0 saturated carbocycles.